The summed E-state index contributed by atoms with van der Waals surface area (Å²) in [7, 11) is 0. The molecule has 1 atom stereocenters. The number of pyridine rings is 1. The fraction of sp³-hybridized carbons (Fsp3) is 0.217. The summed E-state index contributed by atoms with van der Waals surface area (Å²) in [6.45, 7) is 1.95. The molecule has 0 saturated heterocycles. The van der Waals surface area contributed by atoms with Crippen LogP contribution in [0.2, 0.25) is 0 Å². The van der Waals surface area contributed by atoms with Crippen molar-refractivity contribution in [1.82, 2.24) is 29.5 Å². The van der Waals surface area contributed by atoms with Gasteiger partial charge in [-0.3, -0.25) is 4.98 Å². The van der Waals surface area contributed by atoms with Crippen LogP contribution in [0.3, 0.4) is 0 Å². The first kappa shape index (κ1) is 18.0. The summed E-state index contributed by atoms with van der Waals surface area (Å²) in [5, 5.41) is 9.31. The molecule has 4 aromatic heterocycles. The van der Waals surface area contributed by atoms with Gasteiger partial charge in [0.25, 0.3) is 0 Å². The third-order valence-corrected chi connectivity index (χ3v) is 5.94. The lowest BCUT2D eigenvalue weighted by Gasteiger charge is -2.24. The molecule has 7 nitrogen and oxygen atoms in total. The molecule has 0 aliphatic heterocycles. The van der Waals surface area contributed by atoms with Crippen LogP contribution >= 0.6 is 0 Å². The van der Waals surface area contributed by atoms with Gasteiger partial charge in [-0.1, -0.05) is 18.2 Å². The molecule has 1 unspecified atom stereocenters. The summed E-state index contributed by atoms with van der Waals surface area (Å²) in [5.41, 5.74) is 6.01. The number of hydrogen-bond donors (Lipinski definition) is 2. The first-order valence-corrected chi connectivity index (χ1v) is 10.3. The fourth-order valence-electron chi connectivity index (χ4n) is 4.42. The minimum atomic E-state index is -0.417. The van der Waals surface area contributed by atoms with E-state index in [1.807, 2.05) is 6.92 Å². The number of para-hydroxylation sites is 1. The monoisotopic (exact) mass is 413 g/mol. The molecular formula is C23H20FN7. The standard InChI is InChI=1S/C23H20FN7/c1-13-10-26-31-22(13)29-21(14-8-15(24)12-25-11-14)30-23(31)27-16-6-7-20-18(9-16)17-4-2-3-5-19(17)28-20/h2-5,8,10-12,16,28H,6-7,9H2,1H3,(H,27,29,30). The zero-order valence-corrected chi connectivity index (χ0v) is 16.9. The number of rotatable bonds is 3. The second-order valence-electron chi connectivity index (χ2n) is 8.04. The van der Waals surface area contributed by atoms with Crippen LogP contribution in [0, 0.1) is 12.7 Å². The lowest BCUT2D eigenvalue weighted by Crippen LogP contribution is -2.29. The molecule has 6 rings (SSSR count). The first-order chi connectivity index (χ1) is 15.2. The van der Waals surface area contributed by atoms with Crippen molar-refractivity contribution in [2.45, 2.75) is 32.2 Å². The minimum Gasteiger partial charge on any atom is -0.358 e. The van der Waals surface area contributed by atoms with Crippen LogP contribution in [-0.2, 0) is 12.8 Å². The lowest BCUT2D eigenvalue weighted by molar-refractivity contribution is 0.599. The van der Waals surface area contributed by atoms with Gasteiger partial charge in [0.05, 0.1) is 12.4 Å². The number of fused-ring (bicyclic) bond motifs is 4. The minimum absolute atomic E-state index is 0.202. The molecule has 0 fully saturated rings. The molecule has 5 aromatic rings. The molecule has 1 aromatic carbocycles. The van der Waals surface area contributed by atoms with Crippen LogP contribution in [0.1, 0.15) is 23.2 Å². The molecule has 0 saturated carbocycles. The van der Waals surface area contributed by atoms with Crippen molar-refractivity contribution in [3.8, 4) is 11.4 Å². The van der Waals surface area contributed by atoms with E-state index >= 15 is 0 Å². The summed E-state index contributed by atoms with van der Waals surface area (Å²) in [6.07, 6.45) is 7.34. The van der Waals surface area contributed by atoms with E-state index in [9.17, 15) is 4.39 Å². The fourth-order valence-corrected chi connectivity index (χ4v) is 4.42. The SMILES string of the molecule is Cc1cnn2c(NC3CCc4[nH]c5ccccc5c4C3)nc(-c3cncc(F)c3)nc12. The summed E-state index contributed by atoms with van der Waals surface area (Å²) in [6, 6.07) is 10.0. The average molecular weight is 413 g/mol. The number of aromatic amines is 1. The van der Waals surface area contributed by atoms with Crippen molar-refractivity contribution in [3.05, 3.63) is 71.6 Å². The predicted molar refractivity (Wildman–Crippen MR) is 116 cm³/mol. The number of halogens is 1. The van der Waals surface area contributed by atoms with Gasteiger partial charge in [0.1, 0.15) is 5.82 Å². The Morgan fingerprint density at radius 2 is 2.06 bits per heavy atom. The summed E-state index contributed by atoms with van der Waals surface area (Å²) in [5.74, 6) is 0.611. The molecule has 2 N–H and O–H groups in total. The molecule has 0 amide bonds. The molecule has 4 heterocycles. The van der Waals surface area contributed by atoms with E-state index in [1.54, 1.807) is 16.9 Å². The predicted octanol–water partition coefficient (Wildman–Crippen LogP) is 4.08. The maximum atomic E-state index is 13.7. The zero-order valence-electron chi connectivity index (χ0n) is 16.9. The van der Waals surface area contributed by atoms with E-state index in [2.05, 4.69) is 54.6 Å². The summed E-state index contributed by atoms with van der Waals surface area (Å²) < 4.78 is 15.5. The highest BCUT2D eigenvalue weighted by Gasteiger charge is 2.24. The molecular weight excluding hydrogens is 393 g/mol. The highest BCUT2D eigenvalue weighted by Crippen LogP contribution is 2.30. The van der Waals surface area contributed by atoms with E-state index in [4.69, 9.17) is 0 Å². The van der Waals surface area contributed by atoms with Gasteiger partial charge in [-0.25, -0.2) is 9.37 Å². The number of H-pyrrole nitrogens is 1. The van der Waals surface area contributed by atoms with Crippen molar-refractivity contribution in [1.29, 1.82) is 0 Å². The Labute approximate surface area is 177 Å². The van der Waals surface area contributed by atoms with Gasteiger partial charge in [-0.2, -0.15) is 14.6 Å². The average Bonchev–Trinajstić information content (AvgIpc) is 3.34. The number of benzene rings is 1. The molecule has 1 aliphatic carbocycles. The maximum Gasteiger partial charge on any atom is 0.228 e. The molecule has 0 radical (unpaired) electrons. The van der Waals surface area contributed by atoms with Crippen molar-refractivity contribution >= 4 is 22.5 Å². The largest absolute Gasteiger partial charge is 0.358 e. The maximum absolute atomic E-state index is 13.7. The first-order valence-electron chi connectivity index (χ1n) is 10.3. The third kappa shape index (κ3) is 3.02. The Kier molecular flexibility index (Phi) is 3.99. The Balaban J connectivity index is 1.39. The van der Waals surface area contributed by atoms with E-state index in [0.717, 1.165) is 24.8 Å². The van der Waals surface area contributed by atoms with Crippen LogP contribution in [0.15, 0.2) is 48.9 Å². The van der Waals surface area contributed by atoms with E-state index < -0.39 is 5.82 Å². The Morgan fingerprint density at radius 1 is 1.16 bits per heavy atom. The molecule has 0 spiro atoms. The Hall–Kier alpha value is -3.81. The van der Waals surface area contributed by atoms with E-state index in [0.29, 0.717) is 23.0 Å². The quantitative estimate of drug-likeness (QED) is 0.466. The molecule has 0 bridgehead atoms. The Bertz CT molecular complexity index is 1430. The lowest BCUT2D eigenvalue weighted by atomic mass is 9.91. The van der Waals surface area contributed by atoms with Gasteiger partial charge in [0.15, 0.2) is 11.5 Å². The molecule has 154 valence electrons. The van der Waals surface area contributed by atoms with Crippen LogP contribution in [0.25, 0.3) is 27.9 Å². The van der Waals surface area contributed by atoms with Crippen LogP contribution in [-0.4, -0.2) is 35.6 Å². The topological polar surface area (TPSA) is 83.8 Å². The van der Waals surface area contributed by atoms with Gasteiger partial charge in [0.2, 0.25) is 5.95 Å². The highest BCUT2D eigenvalue weighted by atomic mass is 19.1. The number of hydrogen-bond acceptors (Lipinski definition) is 5. The van der Waals surface area contributed by atoms with Gasteiger partial charge in [-0.05, 0) is 43.9 Å². The van der Waals surface area contributed by atoms with Crippen LogP contribution in [0.5, 0.6) is 0 Å². The number of aromatic nitrogens is 6. The number of nitrogens with one attached hydrogen (secondary N) is 2. The van der Waals surface area contributed by atoms with Crippen molar-refractivity contribution < 1.29 is 4.39 Å². The summed E-state index contributed by atoms with van der Waals surface area (Å²) in [4.78, 5) is 16.8. The molecule has 8 heteroatoms. The number of anilines is 1. The van der Waals surface area contributed by atoms with Gasteiger partial charge < -0.3 is 10.3 Å². The number of aryl methyl sites for hydroxylation is 2. The zero-order chi connectivity index (χ0) is 20.9. The normalized spacial score (nSPS) is 16.0. The van der Waals surface area contributed by atoms with Crippen molar-refractivity contribution in [3.63, 3.8) is 0 Å². The smallest absolute Gasteiger partial charge is 0.228 e. The van der Waals surface area contributed by atoms with Crippen molar-refractivity contribution in [2.24, 2.45) is 0 Å². The third-order valence-electron chi connectivity index (χ3n) is 5.94. The molecule has 31 heavy (non-hydrogen) atoms. The second-order valence-corrected chi connectivity index (χ2v) is 8.04. The highest BCUT2D eigenvalue weighted by molar-refractivity contribution is 5.85. The van der Waals surface area contributed by atoms with Gasteiger partial charge >= 0.3 is 0 Å². The van der Waals surface area contributed by atoms with E-state index in [-0.39, 0.29) is 6.04 Å². The van der Waals surface area contributed by atoms with Gasteiger partial charge in [-0.15, -0.1) is 0 Å². The summed E-state index contributed by atoms with van der Waals surface area (Å²) >= 11 is 0. The molecule has 1 aliphatic rings. The van der Waals surface area contributed by atoms with Crippen LogP contribution < -0.4 is 5.32 Å². The number of nitrogens with zero attached hydrogens (tertiary/aromatic N) is 5. The second kappa shape index (κ2) is 6.87. The van der Waals surface area contributed by atoms with Crippen molar-refractivity contribution in [2.75, 3.05) is 5.32 Å². The van der Waals surface area contributed by atoms with Gasteiger partial charge in [0, 0.05) is 40.0 Å². The van der Waals surface area contributed by atoms with E-state index in [1.165, 1.54) is 34.4 Å². The Morgan fingerprint density at radius 3 is 2.97 bits per heavy atom. The van der Waals surface area contributed by atoms with Crippen LogP contribution in [0.4, 0.5) is 10.3 Å².